The lowest BCUT2D eigenvalue weighted by molar-refractivity contribution is -0.150. The molecule has 1 N–H and O–H groups in total. The van der Waals surface area contributed by atoms with Crippen LogP contribution in [0.1, 0.15) is 64.7 Å². The van der Waals surface area contributed by atoms with Crippen LogP contribution in [-0.4, -0.2) is 34.5 Å². The van der Waals surface area contributed by atoms with E-state index in [4.69, 9.17) is 0 Å². The Kier molecular flexibility index (Phi) is 5.44. The van der Waals surface area contributed by atoms with Crippen molar-refractivity contribution < 1.29 is 14.7 Å². The fraction of sp³-hybridized carbons (Fsp3) is 0.875. The van der Waals surface area contributed by atoms with E-state index in [0.29, 0.717) is 18.9 Å². The lowest BCUT2D eigenvalue weighted by Crippen LogP contribution is -2.43. The maximum absolute atomic E-state index is 12.6. The summed E-state index contributed by atoms with van der Waals surface area (Å²) in [7, 11) is 0. The van der Waals surface area contributed by atoms with E-state index >= 15 is 0 Å². The van der Waals surface area contributed by atoms with Crippen LogP contribution in [0.2, 0.25) is 0 Å². The molecule has 0 bridgehead atoms. The summed E-state index contributed by atoms with van der Waals surface area (Å²) in [6, 6.07) is -0.581. The molecule has 1 saturated carbocycles. The Hall–Kier alpha value is -1.06. The summed E-state index contributed by atoms with van der Waals surface area (Å²) in [4.78, 5) is 25.5. The van der Waals surface area contributed by atoms with Crippen LogP contribution >= 0.6 is 0 Å². The van der Waals surface area contributed by atoms with Gasteiger partial charge in [0.05, 0.1) is 0 Å². The smallest absolute Gasteiger partial charge is 0.326 e. The number of rotatable bonds is 5. The van der Waals surface area contributed by atoms with Gasteiger partial charge >= 0.3 is 5.97 Å². The molecule has 2 atom stereocenters. The van der Waals surface area contributed by atoms with Crippen LogP contribution in [0.5, 0.6) is 0 Å². The lowest BCUT2D eigenvalue weighted by Gasteiger charge is -2.30. The van der Waals surface area contributed by atoms with E-state index in [1.807, 2.05) is 0 Å². The number of carboxylic acid groups (broad SMARTS) is 1. The Morgan fingerprint density at radius 2 is 1.85 bits per heavy atom. The molecule has 1 heterocycles. The van der Waals surface area contributed by atoms with Crippen LogP contribution in [-0.2, 0) is 9.59 Å². The first-order valence-corrected chi connectivity index (χ1v) is 8.16. The third-order valence-electron chi connectivity index (χ3n) is 5.01. The number of carbonyl (C=O) groups is 2. The van der Waals surface area contributed by atoms with E-state index in [0.717, 1.165) is 19.3 Å². The molecular weight excluding hydrogens is 254 g/mol. The molecule has 20 heavy (non-hydrogen) atoms. The normalized spacial score (nSPS) is 25.6. The van der Waals surface area contributed by atoms with Crippen LogP contribution in [0.25, 0.3) is 0 Å². The highest BCUT2D eigenvalue weighted by atomic mass is 16.4. The summed E-state index contributed by atoms with van der Waals surface area (Å²) in [6.45, 7) is 2.67. The second-order valence-corrected chi connectivity index (χ2v) is 6.37. The highest BCUT2D eigenvalue weighted by Crippen LogP contribution is 2.32. The fourth-order valence-electron chi connectivity index (χ4n) is 3.79. The number of carboxylic acids is 1. The maximum atomic E-state index is 12.6. The van der Waals surface area contributed by atoms with Gasteiger partial charge in [0.15, 0.2) is 0 Å². The second-order valence-electron chi connectivity index (χ2n) is 6.37. The van der Waals surface area contributed by atoms with Gasteiger partial charge in [-0.25, -0.2) is 4.79 Å². The predicted molar refractivity (Wildman–Crippen MR) is 77.3 cm³/mol. The molecule has 1 saturated heterocycles. The standard InChI is InChI=1S/C16H27NO3/c1-2-13(11-12-7-4-3-5-8-12)15(18)17-10-6-9-14(17)16(19)20/h12-14H,2-11H2,1H3,(H,19,20)/t13?,14-/m0/s1. The van der Waals surface area contributed by atoms with Gasteiger partial charge in [-0.05, 0) is 31.6 Å². The molecular formula is C16H27NO3. The molecule has 1 aliphatic heterocycles. The van der Waals surface area contributed by atoms with Crippen molar-refractivity contribution in [3.05, 3.63) is 0 Å². The van der Waals surface area contributed by atoms with E-state index in [9.17, 15) is 14.7 Å². The number of amides is 1. The van der Waals surface area contributed by atoms with Crippen molar-refractivity contribution in [1.29, 1.82) is 0 Å². The molecule has 0 aromatic heterocycles. The minimum absolute atomic E-state index is 0.0260. The highest BCUT2D eigenvalue weighted by Gasteiger charge is 2.37. The van der Waals surface area contributed by atoms with E-state index in [1.165, 1.54) is 32.1 Å². The first-order valence-electron chi connectivity index (χ1n) is 8.16. The van der Waals surface area contributed by atoms with Gasteiger partial charge in [-0.2, -0.15) is 0 Å². The number of hydrogen-bond donors (Lipinski definition) is 1. The molecule has 114 valence electrons. The summed E-state index contributed by atoms with van der Waals surface area (Å²) < 4.78 is 0. The maximum Gasteiger partial charge on any atom is 0.326 e. The number of likely N-dealkylation sites (tertiary alicyclic amines) is 1. The first-order chi connectivity index (χ1) is 9.63. The zero-order valence-electron chi connectivity index (χ0n) is 12.5. The van der Waals surface area contributed by atoms with Crippen LogP contribution in [0.3, 0.4) is 0 Å². The Morgan fingerprint density at radius 3 is 2.45 bits per heavy atom. The zero-order valence-corrected chi connectivity index (χ0v) is 12.5. The predicted octanol–water partition coefficient (Wildman–Crippen LogP) is 3.06. The molecule has 1 aliphatic carbocycles. The number of aliphatic carboxylic acids is 1. The van der Waals surface area contributed by atoms with E-state index < -0.39 is 12.0 Å². The van der Waals surface area contributed by atoms with Crippen LogP contribution in [0.4, 0.5) is 0 Å². The molecule has 0 aromatic rings. The Morgan fingerprint density at radius 1 is 1.15 bits per heavy atom. The molecule has 0 aromatic carbocycles. The van der Waals surface area contributed by atoms with Gasteiger partial charge in [0.1, 0.15) is 6.04 Å². The van der Waals surface area contributed by atoms with Crippen molar-refractivity contribution in [3.63, 3.8) is 0 Å². The van der Waals surface area contributed by atoms with Crippen molar-refractivity contribution in [2.75, 3.05) is 6.54 Å². The molecule has 4 nitrogen and oxygen atoms in total. The van der Waals surface area contributed by atoms with Crippen LogP contribution in [0.15, 0.2) is 0 Å². The largest absolute Gasteiger partial charge is 0.480 e. The van der Waals surface area contributed by atoms with Crippen molar-refractivity contribution >= 4 is 11.9 Å². The molecule has 0 spiro atoms. The average Bonchev–Trinajstić information content (AvgIpc) is 2.94. The number of carbonyl (C=O) groups excluding carboxylic acids is 1. The van der Waals surface area contributed by atoms with E-state index in [-0.39, 0.29) is 11.8 Å². The van der Waals surface area contributed by atoms with Gasteiger partial charge in [-0.3, -0.25) is 4.79 Å². The second kappa shape index (κ2) is 7.09. The Labute approximate surface area is 121 Å². The van der Waals surface area contributed by atoms with Crippen molar-refractivity contribution in [2.45, 2.75) is 70.8 Å². The van der Waals surface area contributed by atoms with Crippen LogP contribution < -0.4 is 0 Å². The average molecular weight is 281 g/mol. The van der Waals surface area contributed by atoms with Gasteiger partial charge < -0.3 is 10.0 Å². The van der Waals surface area contributed by atoms with E-state index in [1.54, 1.807) is 4.90 Å². The SMILES string of the molecule is CCC(CC1CCCCC1)C(=O)N1CCC[C@H]1C(=O)O. The van der Waals surface area contributed by atoms with Gasteiger partial charge in [-0.15, -0.1) is 0 Å². The Balaban J connectivity index is 1.95. The lowest BCUT2D eigenvalue weighted by atomic mass is 9.81. The van der Waals surface area contributed by atoms with E-state index in [2.05, 4.69) is 6.92 Å². The molecule has 4 heteroatoms. The third-order valence-corrected chi connectivity index (χ3v) is 5.01. The zero-order chi connectivity index (χ0) is 14.5. The fourth-order valence-corrected chi connectivity index (χ4v) is 3.79. The molecule has 1 amide bonds. The van der Waals surface area contributed by atoms with Gasteiger partial charge in [-0.1, -0.05) is 39.0 Å². The molecule has 2 aliphatic rings. The van der Waals surface area contributed by atoms with Crippen molar-refractivity contribution in [3.8, 4) is 0 Å². The number of nitrogens with zero attached hydrogens (tertiary/aromatic N) is 1. The third kappa shape index (κ3) is 3.53. The summed E-state index contributed by atoms with van der Waals surface area (Å²) in [6.07, 6.45) is 9.61. The molecule has 2 rings (SSSR count). The van der Waals surface area contributed by atoms with Gasteiger partial charge in [0, 0.05) is 12.5 Å². The van der Waals surface area contributed by atoms with Crippen LogP contribution in [0, 0.1) is 11.8 Å². The minimum atomic E-state index is -0.844. The van der Waals surface area contributed by atoms with Gasteiger partial charge in [0.2, 0.25) is 5.91 Å². The summed E-state index contributed by atoms with van der Waals surface area (Å²) in [5.41, 5.74) is 0. The molecule has 2 fully saturated rings. The van der Waals surface area contributed by atoms with Crippen molar-refractivity contribution in [2.24, 2.45) is 11.8 Å². The number of hydrogen-bond acceptors (Lipinski definition) is 2. The van der Waals surface area contributed by atoms with Crippen molar-refractivity contribution in [1.82, 2.24) is 4.90 Å². The molecule has 1 unspecified atom stereocenters. The monoisotopic (exact) mass is 281 g/mol. The molecule has 0 radical (unpaired) electrons. The minimum Gasteiger partial charge on any atom is -0.480 e. The quantitative estimate of drug-likeness (QED) is 0.842. The highest BCUT2D eigenvalue weighted by molar-refractivity contribution is 5.85. The summed E-state index contributed by atoms with van der Waals surface area (Å²) in [5, 5.41) is 9.21. The summed E-state index contributed by atoms with van der Waals surface area (Å²) >= 11 is 0. The topological polar surface area (TPSA) is 57.6 Å². The summed E-state index contributed by atoms with van der Waals surface area (Å²) in [5.74, 6) is -0.0621. The van der Waals surface area contributed by atoms with Gasteiger partial charge in [0.25, 0.3) is 0 Å². The Bertz CT molecular complexity index is 350. The first kappa shape index (κ1) is 15.3.